The second-order valence-corrected chi connectivity index (χ2v) is 6.87. The number of aliphatic carboxylic acids is 1. The maximum atomic E-state index is 12.6. The Bertz CT molecular complexity index is 743. The quantitative estimate of drug-likeness (QED) is 0.900. The van der Waals surface area contributed by atoms with Gasteiger partial charge in [-0.2, -0.15) is 0 Å². The Morgan fingerprint density at radius 2 is 1.56 bits per heavy atom. The van der Waals surface area contributed by atoms with Gasteiger partial charge in [-0.1, -0.05) is 32.9 Å². The molecule has 0 aromatic heterocycles. The molecule has 1 amide bonds. The van der Waals surface area contributed by atoms with Crippen molar-refractivity contribution in [2.75, 3.05) is 18.6 Å². The number of amides is 1. The number of anilines is 1. The van der Waals surface area contributed by atoms with Crippen LogP contribution < -0.4 is 9.64 Å². The molecule has 0 fully saturated rings. The SMILES string of the molecule is CN(C(=O)c1ccc(C(C)(C)C)cc1)c1ccc(OCC(=O)O)cc1. The normalized spacial score (nSPS) is 11.0. The fourth-order valence-electron chi connectivity index (χ4n) is 2.33. The number of nitrogens with zero attached hydrogens (tertiary/aromatic N) is 1. The molecular weight excluding hydrogens is 318 g/mol. The number of hydrogen-bond acceptors (Lipinski definition) is 3. The van der Waals surface area contributed by atoms with Crippen LogP contribution in [0.5, 0.6) is 5.75 Å². The molecule has 0 spiro atoms. The smallest absolute Gasteiger partial charge is 0.341 e. The Hall–Kier alpha value is -2.82. The third-order valence-corrected chi connectivity index (χ3v) is 3.89. The minimum absolute atomic E-state index is 0.0409. The molecule has 0 unspecified atom stereocenters. The van der Waals surface area contributed by atoms with Gasteiger partial charge in [0, 0.05) is 18.3 Å². The van der Waals surface area contributed by atoms with Crippen LogP contribution in [0, 0.1) is 0 Å². The molecule has 0 aliphatic rings. The van der Waals surface area contributed by atoms with Gasteiger partial charge in [0.15, 0.2) is 6.61 Å². The summed E-state index contributed by atoms with van der Waals surface area (Å²) in [5, 5.41) is 8.61. The average Bonchev–Trinajstić information content (AvgIpc) is 2.58. The first-order valence-corrected chi connectivity index (χ1v) is 8.02. The van der Waals surface area contributed by atoms with Crippen molar-refractivity contribution in [1.82, 2.24) is 0 Å². The zero-order chi connectivity index (χ0) is 18.6. The van der Waals surface area contributed by atoms with Gasteiger partial charge in [0.25, 0.3) is 5.91 Å². The number of rotatable bonds is 5. The van der Waals surface area contributed by atoms with E-state index in [4.69, 9.17) is 9.84 Å². The van der Waals surface area contributed by atoms with Gasteiger partial charge >= 0.3 is 5.97 Å². The summed E-state index contributed by atoms with van der Waals surface area (Å²) in [6, 6.07) is 14.4. The van der Waals surface area contributed by atoms with Crippen LogP contribution in [0.2, 0.25) is 0 Å². The van der Waals surface area contributed by atoms with Gasteiger partial charge in [0.1, 0.15) is 5.75 Å². The number of carbonyl (C=O) groups excluding carboxylic acids is 1. The highest BCUT2D eigenvalue weighted by Gasteiger charge is 2.17. The molecule has 0 atom stereocenters. The molecule has 132 valence electrons. The second kappa shape index (κ2) is 7.38. The fourth-order valence-corrected chi connectivity index (χ4v) is 2.33. The summed E-state index contributed by atoms with van der Waals surface area (Å²) in [5.74, 6) is -0.698. The van der Waals surface area contributed by atoms with E-state index in [1.807, 2.05) is 24.3 Å². The number of benzene rings is 2. The molecule has 0 aliphatic carbocycles. The lowest BCUT2D eigenvalue weighted by molar-refractivity contribution is -0.139. The van der Waals surface area contributed by atoms with Crippen molar-refractivity contribution in [1.29, 1.82) is 0 Å². The van der Waals surface area contributed by atoms with Crippen LogP contribution in [0.25, 0.3) is 0 Å². The van der Waals surface area contributed by atoms with Gasteiger partial charge in [-0.25, -0.2) is 4.79 Å². The molecule has 2 aromatic carbocycles. The van der Waals surface area contributed by atoms with Gasteiger partial charge in [-0.3, -0.25) is 4.79 Å². The third kappa shape index (κ3) is 4.83. The Kier molecular flexibility index (Phi) is 5.47. The molecule has 0 radical (unpaired) electrons. The summed E-state index contributed by atoms with van der Waals surface area (Å²) in [7, 11) is 1.70. The Morgan fingerprint density at radius 1 is 1.00 bits per heavy atom. The molecular formula is C20H23NO4. The number of ether oxygens (including phenoxy) is 1. The van der Waals surface area contributed by atoms with Crippen molar-refractivity contribution in [2.24, 2.45) is 0 Å². The van der Waals surface area contributed by atoms with Crippen LogP contribution in [0.3, 0.4) is 0 Å². The van der Waals surface area contributed by atoms with Gasteiger partial charge in [-0.15, -0.1) is 0 Å². The number of carboxylic acid groups (broad SMARTS) is 1. The molecule has 2 rings (SSSR count). The van der Waals surface area contributed by atoms with Gasteiger partial charge in [0.2, 0.25) is 0 Å². The van der Waals surface area contributed by atoms with Crippen molar-refractivity contribution in [3.05, 3.63) is 59.7 Å². The zero-order valence-electron chi connectivity index (χ0n) is 14.9. The van der Waals surface area contributed by atoms with Crippen LogP contribution in [0.4, 0.5) is 5.69 Å². The van der Waals surface area contributed by atoms with Crippen molar-refractivity contribution in [2.45, 2.75) is 26.2 Å². The van der Waals surface area contributed by atoms with E-state index in [2.05, 4.69) is 20.8 Å². The highest BCUT2D eigenvalue weighted by Crippen LogP contribution is 2.24. The van der Waals surface area contributed by atoms with E-state index in [1.54, 1.807) is 36.2 Å². The van der Waals surface area contributed by atoms with Gasteiger partial charge < -0.3 is 14.7 Å². The monoisotopic (exact) mass is 341 g/mol. The highest BCUT2D eigenvalue weighted by molar-refractivity contribution is 6.05. The second-order valence-electron chi connectivity index (χ2n) is 6.87. The molecule has 0 saturated heterocycles. The summed E-state index contributed by atoms with van der Waals surface area (Å²) >= 11 is 0. The first kappa shape index (κ1) is 18.5. The summed E-state index contributed by atoms with van der Waals surface area (Å²) in [4.78, 5) is 24.7. The number of hydrogen-bond donors (Lipinski definition) is 1. The van der Waals surface area contributed by atoms with Gasteiger partial charge in [-0.05, 0) is 47.4 Å². The standard InChI is InChI=1S/C20H23NO4/c1-20(2,3)15-7-5-14(6-8-15)19(24)21(4)16-9-11-17(12-10-16)25-13-18(22)23/h5-12H,13H2,1-4H3,(H,22,23). The molecule has 0 bridgehead atoms. The first-order valence-electron chi connectivity index (χ1n) is 8.02. The predicted molar refractivity (Wildman–Crippen MR) is 97.4 cm³/mol. The first-order chi connectivity index (χ1) is 11.7. The van der Waals surface area contributed by atoms with E-state index < -0.39 is 12.6 Å². The van der Waals surface area contributed by atoms with Crippen molar-refractivity contribution < 1.29 is 19.4 Å². The van der Waals surface area contributed by atoms with E-state index in [-0.39, 0.29) is 11.3 Å². The lowest BCUT2D eigenvalue weighted by Crippen LogP contribution is -2.26. The van der Waals surface area contributed by atoms with Crippen molar-refractivity contribution >= 4 is 17.6 Å². The van der Waals surface area contributed by atoms with Crippen LogP contribution in [-0.2, 0) is 10.2 Å². The summed E-state index contributed by atoms with van der Waals surface area (Å²) in [6.07, 6.45) is 0. The molecule has 0 aliphatic heterocycles. The number of carboxylic acids is 1. The predicted octanol–water partition coefficient (Wildman–Crippen LogP) is 3.72. The fraction of sp³-hybridized carbons (Fsp3) is 0.300. The average molecular weight is 341 g/mol. The van der Waals surface area contributed by atoms with Crippen molar-refractivity contribution in [3.63, 3.8) is 0 Å². The van der Waals surface area contributed by atoms with Crippen LogP contribution in [0.15, 0.2) is 48.5 Å². The largest absolute Gasteiger partial charge is 0.482 e. The molecule has 2 aromatic rings. The van der Waals surface area contributed by atoms with E-state index in [9.17, 15) is 9.59 Å². The van der Waals surface area contributed by atoms with Crippen LogP contribution >= 0.6 is 0 Å². The summed E-state index contributed by atoms with van der Waals surface area (Å²) in [6.45, 7) is 5.99. The third-order valence-electron chi connectivity index (χ3n) is 3.89. The summed E-state index contributed by atoms with van der Waals surface area (Å²) < 4.78 is 5.09. The Balaban J connectivity index is 2.10. The molecule has 5 nitrogen and oxygen atoms in total. The molecule has 5 heteroatoms. The summed E-state index contributed by atoms with van der Waals surface area (Å²) in [5.41, 5.74) is 2.53. The van der Waals surface area contributed by atoms with E-state index in [0.717, 1.165) is 0 Å². The minimum Gasteiger partial charge on any atom is -0.482 e. The van der Waals surface area contributed by atoms with Crippen LogP contribution in [0.1, 0.15) is 36.7 Å². The lowest BCUT2D eigenvalue weighted by atomic mass is 9.86. The maximum Gasteiger partial charge on any atom is 0.341 e. The van der Waals surface area contributed by atoms with E-state index in [0.29, 0.717) is 17.0 Å². The maximum absolute atomic E-state index is 12.6. The van der Waals surface area contributed by atoms with E-state index in [1.165, 1.54) is 5.56 Å². The zero-order valence-corrected chi connectivity index (χ0v) is 14.9. The number of carbonyl (C=O) groups is 2. The molecule has 25 heavy (non-hydrogen) atoms. The molecule has 0 saturated carbocycles. The Morgan fingerprint density at radius 3 is 2.04 bits per heavy atom. The van der Waals surface area contributed by atoms with Crippen LogP contribution in [-0.4, -0.2) is 30.6 Å². The minimum atomic E-state index is -1.03. The lowest BCUT2D eigenvalue weighted by Gasteiger charge is -2.21. The Labute approximate surface area is 147 Å². The van der Waals surface area contributed by atoms with Crippen molar-refractivity contribution in [3.8, 4) is 5.75 Å². The van der Waals surface area contributed by atoms with Gasteiger partial charge in [0.05, 0.1) is 0 Å². The highest BCUT2D eigenvalue weighted by atomic mass is 16.5. The van der Waals surface area contributed by atoms with E-state index >= 15 is 0 Å². The topological polar surface area (TPSA) is 66.8 Å². The molecule has 0 heterocycles. The molecule has 1 N–H and O–H groups in total.